The van der Waals surface area contributed by atoms with Crippen LogP contribution in [0.4, 0.5) is 0 Å². The summed E-state index contributed by atoms with van der Waals surface area (Å²) in [5.41, 5.74) is 0.669. The van der Waals surface area contributed by atoms with Gasteiger partial charge in [-0.3, -0.25) is 9.59 Å². The molecular formula is C34H63N3O15. The van der Waals surface area contributed by atoms with E-state index in [0.717, 1.165) is 0 Å². The fourth-order valence-corrected chi connectivity index (χ4v) is 3.74. The topological polar surface area (TPSA) is 185 Å². The summed E-state index contributed by atoms with van der Waals surface area (Å²) in [4.78, 5) is 21.9. The van der Waals surface area contributed by atoms with E-state index in [0.29, 0.717) is 184 Å². The first-order valence-corrected chi connectivity index (χ1v) is 18.0. The molecule has 0 bridgehead atoms. The second kappa shape index (κ2) is 38.7. The number of carbonyl (C=O) groups excluding carboxylic acids is 2. The molecule has 1 heterocycles. The van der Waals surface area contributed by atoms with E-state index in [1.165, 1.54) is 11.6 Å². The van der Waals surface area contributed by atoms with Crippen LogP contribution < -0.4 is 0 Å². The molecule has 1 aromatic rings. The summed E-state index contributed by atoms with van der Waals surface area (Å²) in [6.45, 7) is 15.6. The Morgan fingerprint density at radius 3 is 0.962 bits per heavy atom. The third-order valence-corrected chi connectivity index (χ3v) is 6.28. The predicted molar refractivity (Wildman–Crippen MR) is 185 cm³/mol. The van der Waals surface area contributed by atoms with Crippen LogP contribution in [0.5, 0.6) is 0 Å². The Labute approximate surface area is 308 Å². The van der Waals surface area contributed by atoms with Gasteiger partial charge in [-0.15, -0.1) is 5.10 Å². The minimum Gasteiger partial charge on any atom is -0.379 e. The van der Waals surface area contributed by atoms with Crippen molar-refractivity contribution in [2.45, 2.75) is 33.4 Å². The van der Waals surface area contributed by atoms with Crippen LogP contribution in [-0.2, 0) is 84.3 Å². The zero-order chi connectivity index (χ0) is 37.4. The van der Waals surface area contributed by atoms with Gasteiger partial charge in [0.25, 0.3) is 0 Å². The van der Waals surface area contributed by atoms with Crippen LogP contribution in [0.3, 0.4) is 0 Å². The van der Waals surface area contributed by atoms with Gasteiger partial charge in [0.05, 0.1) is 178 Å². The summed E-state index contributed by atoms with van der Waals surface area (Å²) < 4.78 is 72.3. The van der Waals surface area contributed by atoms with Crippen molar-refractivity contribution in [1.82, 2.24) is 15.0 Å². The molecule has 52 heavy (non-hydrogen) atoms. The molecule has 0 radical (unpaired) electrons. The van der Waals surface area contributed by atoms with Crippen molar-refractivity contribution >= 4 is 11.6 Å². The van der Waals surface area contributed by atoms with Crippen molar-refractivity contribution in [2.75, 3.05) is 165 Å². The molecule has 0 aliphatic carbocycles. The van der Waals surface area contributed by atoms with E-state index in [4.69, 9.17) is 61.6 Å². The summed E-state index contributed by atoms with van der Waals surface area (Å²) >= 11 is 0. The van der Waals surface area contributed by atoms with E-state index in [2.05, 4.69) is 10.3 Å². The molecule has 18 heteroatoms. The van der Waals surface area contributed by atoms with Crippen LogP contribution in [0, 0.1) is 0 Å². The quantitative estimate of drug-likeness (QED) is 0.0842. The molecule has 1 rings (SSSR count). The molecule has 0 atom stereocenters. The minimum atomic E-state index is 0.0176. The molecule has 0 N–H and O–H groups in total. The number of nitrogens with zero attached hydrogens (tertiary/aromatic N) is 3. The van der Waals surface area contributed by atoms with Gasteiger partial charge in [-0.1, -0.05) is 5.21 Å². The molecule has 0 saturated carbocycles. The SMILES string of the molecule is CC(=O)CCOCCOCCOCCOCCOCCOCCOCCOCCOCCOCCOCCOCCOCc1cn(CC(C)=O)nn1. The first-order valence-electron chi connectivity index (χ1n) is 18.0. The summed E-state index contributed by atoms with van der Waals surface area (Å²) in [6.07, 6.45) is 2.13. The van der Waals surface area contributed by atoms with Crippen molar-refractivity contribution in [3.05, 3.63) is 11.9 Å². The Morgan fingerprint density at radius 2 is 0.692 bits per heavy atom. The molecule has 0 aromatic carbocycles. The Morgan fingerprint density at radius 1 is 0.423 bits per heavy atom. The monoisotopic (exact) mass is 753 g/mol. The molecular weight excluding hydrogens is 690 g/mol. The fraction of sp³-hybridized carbons (Fsp3) is 0.882. The summed E-state index contributed by atoms with van der Waals surface area (Å²) in [5.74, 6) is 0.139. The highest BCUT2D eigenvalue weighted by atomic mass is 16.6. The summed E-state index contributed by atoms with van der Waals surface area (Å²) in [7, 11) is 0. The van der Waals surface area contributed by atoms with E-state index >= 15 is 0 Å². The zero-order valence-electron chi connectivity index (χ0n) is 31.3. The highest BCUT2D eigenvalue weighted by Gasteiger charge is 2.03. The number of ether oxygens (including phenoxy) is 13. The molecule has 0 unspecified atom stereocenters. The number of ketones is 2. The van der Waals surface area contributed by atoms with E-state index in [9.17, 15) is 9.59 Å². The number of hydrogen-bond donors (Lipinski definition) is 0. The average Bonchev–Trinajstić information content (AvgIpc) is 3.56. The van der Waals surface area contributed by atoms with Crippen molar-refractivity contribution in [1.29, 1.82) is 0 Å². The van der Waals surface area contributed by atoms with Crippen LogP contribution in [-0.4, -0.2) is 192 Å². The first-order chi connectivity index (χ1) is 25.6. The van der Waals surface area contributed by atoms with Gasteiger partial charge < -0.3 is 61.6 Å². The van der Waals surface area contributed by atoms with Gasteiger partial charge in [-0.25, -0.2) is 4.68 Å². The third-order valence-electron chi connectivity index (χ3n) is 6.28. The highest BCUT2D eigenvalue weighted by Crippen LogP contribution is 1.97. The highest BCUT2D eigenvalue weighted by molar-refractivity contribution is 5.75. The van der Waals surface area contributed by atoms with Gasteiger partial charge >= 0.3 is 0 Å². The average molecular weight is 754 g/mol. The standard InChI is InChI=1S/C34H63N3O15/c1-32(38)3-4-40-5-6-41-7-8-42-9-10-43-11-12-44-13-14-45-15-16-46-17-18-47-19-20-48-21-22-49-23-24-50-25-26-51-27-28-52-31-34-30-37(36-35-34)29-33(2)39/h30H,3-29,31H2,1-2H3. The molecule has 18 nitrogen and oxygen atoms in total. The molecule has 0 aliphatic heterocycles. The van der Waals surface area contributed by atoms with Gasteiger partial charge in [-0.2, -0.15) is 0 Å². The maximum Gasteiger partial charge on any atom is 0.151 e. The van der Waals surface area contributed by atoms with E-state index in [1.807, 2.05) is 0 Å². The Hall–Kier alpha value is -2.04. The maximum absolute atomic E-state index is 11.1. The zero-order valence-corrected chi connectivity index (χ0v) is 31.3. The van der Waals surface area contributed by atoms with E-state index in [1.54, 1.807) is 13.1 Å². The second-order valence-electron chi connectivity index (χ2n) is 11.0. The third kappa shape index (κ3) is 36.3. The lowest BCUT2D eigenvalue weighted by Crippen LogP contribution is -2.15. The van der Waals surface area contributed by atoms with Gasteiger partial charge in [0.2, 0.25) is 0 Å². The second-order valence-corrected chi connectivity index (χ2v) is 11.0. The largest absolute Gasteiger partial charge is 0.379 e. The van der Waals surface area contributed by atoms with Crippen molar-refractivity contribution in [2.24, 2.45) is 0 Å². The maximum atomic E-state index is 11.1. The van der Waals surface area contributed by atoms with E-state index < -0.39 is 0 Å². The van der Waals surface area contributed by atoms with Crippen molar-refractivity contribution in [3.8, 4) is 0 Å². The van der Waals surface area contributed by atoms with Gasteiger partial charge in [0, 0.05) is 6.42 Å². The van der Waals surface area contributed by atoms with Crippen LogP contribution >= 0.6 is 0 Å². The molecule has 0 spiro atoms. The van der Waals surface area contributed by atoms with Crippen LogP contribution in [0.15, 0.2) is 6.20 Å². The minimum absolute atomic E-state index is 0.0176. The normalized spacial score (nSPS) is 11.5. The van der Waals surface area contributed by atoms with Crippen LogP contribution in [0.25, 0.3) is 0 Å². The molecule has 1 aromatic heterocycles. The molecule has 0 saturated heterocycles. The summed E-state index contributed by atoms with van der Waals surface area (Å²) in [6, 6.07) is 0. The predicted octanol–water partition coefficient (Wildman–Crippen LogP) is 0.562. The number of rotatable bonds is 43. The van der Waals surface area contributed by atoms with Crippen LogP contribution in [0.2, 0.25) is 0 Å². The smallest absolute Gasteiger partial charge is 0.151 e. The number of aromatic nitrogens is 3. The molecule has 304 valence electrons. The lowest BCUT2D eigenvalue weighted by atomic mass is 10.3. The lowest BCUT2D eigenvalue weighted by molar-refractivity contribution is -0.118. The van der Waals surface area contributed by atoms with Crippen molar-refractivity contribution in [3.63, 3.8) is 0 Å². The number of Topliss-reactive ketones (excluding diaryl/α,β-unsaturated/α-hetero) is 2. The van der Waals surface area contributed by atoms with Gasteiger partial charge in [0.1, 0.15) is 18.0 Å². The number of hydrogen-bond acceptors (Lipinski definition) is 17. The Bertz CT molecular complexity index is 928. The summed E-state index contributed by atoms with van der Waals surface area (Å²) in [5, 5.41) is 7.81. The number of carbonyl (C=O) groups is 2. The molecule has 0 aliphatic rings. The molecule has 0 amide bonds. The van der Waals surface area contributed by atoms with Gasteiger partial charge in [0.15, 0.2) is 5.78 Å². The van der Waals surface area contributed by atoms with Gasteiger partial charge in [-0.05, 0) is 13.8 Å². The van der Waals surface area contributed by atoms with Crippen molar-refractivity contribution < 1.29 is 71.2 Å². The Kier molecular flexibility index (Phi) is 35.7. The molecule has 0 fully saturated rings. The van der Waals surface area contributed by atoms with E-state index in [-0.39, 0.29) is 18.1 Å². The fourth-order valence-electron chi connectivity index (χ4n) is 3.74. The van der Waals surface area contributed by atoms with Crippen LogP contribution in [0.1, 0.15) is 26.0 Å². The lowest BCUT2D eigenvalue weighted by Gasteiger charge is -2.09. The first kappa shape index (κ1) is 48.0. The Balaban J connectivity index is 1.63.